The first-order chi connectivity index (χ1) is 10.5. The van der Waals surface area contributed by atoms with Crippen molar-refractivity contribution in [3.8, 4) is 16.3 Å². The third-order valence-corrected chi connectivity index (χ3v) is 4.19. The maximum absolute atomic E-state index is 12.2. The van der Waals surface area contributed by atoms with Crippen molar-refractivity contribution in [3.05, 3.63) is 24.3 Å². The predicted octanol–water partition coefficient (Wildman–Crippen LogP) is 2.49. The van der Waals surface area contributed by atoms with Gasteiger partial charge >= 0.3 is 0 Å². The van der Waals surface area contributed by atoms with Crippen LogP contribution < -0.4 is 10.1 Å². The molecule has 22 heavy (non-hydrogen) atoms. The molecule has 1 heterocycles. The molecule has 1 N–H and O–H groups in total. The number of anilines is 1. The third-order valence-electron chi connectivity index (χ3n) is 3.30. The highest BCUT2D eigenvalue weighted by molar-refractivity contribution is 7.18. The summed E-state index contributed by atoms with van der Waals surface area (Å²) >= 11 is 1.35. The number of nitrogens with zero attached hydrogens (tertiary/aromatic N) is 3. The lowest BCUT2D eigenvalue weighted by Gasteiger charge is -2.20. The van der Waals surface area contributed by atoms with Crippen LogP contribution >= 0.6 is 11.3 Å². The van der Waals surface area contributed by atoms with Crippen molar-refractivity contribution >= 4 is 22.4 Å². The first-order valence-electron chi connectivity index (χ1n) is 7.00. The van der Waals surface area contributed by atoms with E-state index in [0.717, 1.165) is 22.7 Å². The number of hydrogen-bond donors (Lipinski definition) is 1. The van der Waals surface area contributed by atoms with Gasteiger partial charge < -0.3 is 4.74 Å². The number of hydrogen-bond acceptors (Lipinski definition) is 6. The van der Waals surface area contributed by atoms with Gasteiger partial charge in [-0.25, -0.2) is 0 Å². The molecule has 0 spiro atoms. The summed E-state index contributed by atoms with van der Waals surface area (Å²) in [5.41, 5.74) is 0.943. The molecule has 0 saturated carbocycles. The first-order valence-corrected chi connectivity index (χ1v) is 7.82. The van der Waals surface area contributed by atoms with E-state index in [2.05, 4.69) is 15.5 Å². The Balaban J connectivity index is 2.09. The lowest BCUT2D eigenvalue weighted by molar-refractivity contribution is -0.120. The summed E-state index contributed by atoms with van der Waals surface area (Å²) < 4.78 is 5.13. The van der Waals surface area contributed by atoms with E-state index in [1.165, 1.54) is 11.3 Å². The molecule has 118 valence electrons. The molecule has 7 heteroatoms. The van der Waals surface area contributed by atoms with E-state index in [-0.39, 0.29) is 11.9 Å². The standard InChI is InChI=1S/C15H20N4O2S/c1-5-12(19(2)3)13(20)16-15-18-17-14(22-15)10-6-8-11(21-4)9-7-10/h6-9,12H,5H2,1-4H3,(H,16,18,20)/t12-/m0/s1. The quantitative estimate of drug-likeness (QED) is 0.886. The number of carbonyl (C=O) groups excluding carboxylic acids is 1. The second-order valence-corrected chi connectivity index (χ2v) is 6.00. The minimum Gasteiger partial charge on any atom is -0.497 e. The fraction of sp³-hybridized carbons (Fsp3) is 0.400. The molecule has 0 unspecified atom stereocenters. The molecule has 0 aliphatic rings. The van der Waals surface area contributed by atoms with Crippen LogP contribution in [-0.4, -0.2) is 48.3 Å². The molecular formula is C15H20N4O2S. The number of likely N-dealkylation sites (N-methyl/N-ethyl adjacent to an activating group) is 1. The van der Waals surface area contributed by atoms with Crippen LogP contribution in [0.1, 0.15) is 13.3 Å². The fourth-order valence-corrected chi connectivity index (χ4v) is 2.85. The van der Waals surface area contributed by atoms with E-state index >= 15 is 0 Å². The molecule has 1 amide bonds. The Morgan fingerprint density at radius 2 is 2.00 bits per heavy atom. The molecule has 0 aliphatic heterocycles. The van der Waals surface area contributed by atoms with Crippen molar-refractivity contribution in [2.24, 2.45) is 0 Å². The molecule has 2 rings (SSSR count). The Hall–Kier alpha value is -1.99. The number of amides is 1. The van der Waals surface area contributed by atoms with Crippen LogP contribution in [0.5, 0.6) is 5.75 Å². The van der Waals surface area contributed by atoms with Crippen LogP contribution in [0, 0.1) is 0 Å². The van der Waals surface area contributed by atoms with Gasteiger partial charge in [-0.05, 0) is 44.8 Å². The Bertz CT molecular complexity index is 625. The lowest BCUT2D eigenvalue weighted by atomic mass is 10.2. The largest absolute Gasteiger partial charge is 0.497 e. The van der Waals surface area contributed by atoms with Crippen molar-refractivity contribution in [1.82, 2.24) is 15.1 Å². The Morgan fingerprint density at radius 3 is 2.55 bits per heavy atom. The predicted molar refractivity (Wildman–Crippen MR) is 88.3 cm³/mol. The molecule has 0 radical (unpaired) electrons. The number of rotatable bonds is 6. The highest BCUT2D eigenvalue weighted by atomic mass is 32.1. The molecule has 1 aromatic carbocycles. The van der Waals surface area contributed by atoms with Gasteiger partial charge in [-0.1, -0.05) is 18.3 Å². The first kappa shape index (κ1) is 16.4. The maximum Gasteiger partial charge on any atom is 0.243 e. The van der Waals surface area contributed by atoms with Crippen molar-refractivity contribution in [2.45, 2.75) is 19.4 Å². The van der Waals surface area contributed by atoms with Gasteiger partial charge in [-0.2, -0.15) is 0 Å². The second kappa shape index (κ2) is 7.33. The normalized spacial score (nSPS) is 12.2. The number of ether oxygens (including phenoxy) is 1. The van der Waals surface area contributed by atoms with E-state index in [9.17, 15) is 4.79 Å². The zero-order valence-electron chi connectivity index (χ0n) is 13.2. The van der Waals surface area contributed by atoms with Crippen LogP contribution in [0.2, 0.25) is 0 Å². The van der Waals surface area contributed by atoms with Gasteiger partial charge in [0.05, 0.1) is 13.2 Å². The molecule has 0 aliphatic carbocycles. The van der Waals surface area contributed by atoms with Crippen molar-refractivity contribution in [2.75, 3.05) is 26.5 Å². The number of methoxy groups -OCH3 is 1. The molecule has 6 nitrogen and oxygen atoms in total. The SMILES string of the molecule is CC[C@@H](C(=O)Nc1nnc(-c2ccc(OC)cc2)s1)N(C)C. The molecular weight excluding hydrogens is 300 g/mol. The fourth-order valence-electron chi connectivity index (χ4n) is 2.10. The van der Waals surface area contributed by atoms with E-state index in [1.807, 2.05) is 50.2 Å². The highest BCUT2D eigenvalue weighted by Crippen LogP contribution is 2.27. The average molecular weight is 320 g/mol. The number of nitrogens with one attached hydrogen (secondary N) is 1. The zero-order valence-corrected chi connectivity index (χ0v) is 14.0. The van der Waals surface area contributed by atoms with Crippen LogP contribution in [0.3, 0.4) is 0 Å². The number of aromatic nitrogens is 2. The summed E-state index contributed by atoms with van der Waals surface area (Å²) in [7, 11) is 5.40. The summed E-state index contributed by atoms with van der Waals surface area (Å²) in [6.07, 6.45) is 0.739. The third kappa shape index (κ3) is 3.80. The van der Waals surface area contributed by atoms with E-state index < -0.39 is 0 Å². The van der Waals surface area contributed by atoms with Gasteiger partial charge in [-0.3, -0.25) is 15.0 Å². The average Bonchev–Trinajstić information content (AvgIpc) is 2.96. The van der Waals surface area contributed by atoms with E-state index in [0.29, 0.717) is 5.13 Å². The van der Waals surface area contributed by atoms with Gasteiger partial charge in [0.15, 0.2) is 0 Å². The van der Waals surface area contributed by atoms with Crippen LogP contribution in [0.4, 0.5) is 5.13 Å². The highest BCUT2D eigenvalue weighted by Gasteiger charge is 2.20. The molecule has 0 bridgehead atoms. The van der Waals surface area contributed by atoms with Gasteiger partial charge in [0.1, 0.15) is 10.8 Å². The Labute approximate surface area is 134 Å². The van der Waals surface area contributed by atoms with Crippen molar-refractivity contribution in [3.63, 3.8) is 0 Å². The minimum atomic E-state index is -0.173. The minimum absolute atomic E-state index is 0.0649. The Morgan fingerprint density at radius 1 is 1.32 bits per heavy atom. The number of benzene rings is 1. The topological polar surface area (TPSA) is 67.3 Å². The van der Waals surface area contributed by atoms with Gasteiger partial charge in [0, 0.05) is 5.56 Å². The summed E-state index contributed by atoms with van der Waals surface area (Å²) in [4.78, 5) is 14.1. The van der Waals surface area contributed by atoms with Gasteiger partial charge in [0.25, 0.3) is 0 Å². The van der Waals surface area contributed by atoms with E-state index in [1.54, 1.807) is 7.11 Å². The monoisotopic (exact) mass is 320 g/mol. The number of carbonyl (C=O) groups is 1. The summed E-state index contributed by atoms with van der Waals surface area (Å²) in [6, 6.07) is 7.40. The summed E-state index contributed by atoms with van der Waals surface area (Å²) in [5.74, 6) is 0.725. The van der Waals surface area contributed by atoms with Crippen molar-refractivity contribution < 1.29 is 9.53 Å². The lowest BCUT2D eigenvalue weighted by Crippen LogP contribution is -2.39. The summed E-state index contributed by atoms with van der Waals surface area (Å²) in [5, 5.41) is 12.3. The van der Waals surface area contributed by atoms with Gasteiger partial charge in [0.2, 0.25) is 11.0 Å². The smallest absolute Gasteiger partial charge is 0.243 e. The molecule has 1 atom stereocenters. The maximum atomic E-state index is 12.2. The van der Waals surface area contributed by atoms with E-state index in [4.69, 9.17) is 4.74 Å². The van der Waals surface area contributed by atoms with Crippen LogP contribution in [-0.2, 0) is 4.79 Å². The molecule has 1 aromatic heterocycles. The second-order valence-electron chi connectivity index (χ2n) is 5.02. The van der Waals surface area contributed by atoms with Crippen LogP contribution in [0.15, 0.2) is 24.3 Å². The molecule has 2 aromatic rings. The van der Waals surface area contributed by atoms with Crippen molar-refractivity contribution in [1.29, 1.82) is 0 Å². The van der Waals surface area contributed by atoms with Crippen LogP contribution in [0.25, 0.3) is 10.6 Å². The molecule has 0 saturated heterocycles. The molecule has 0 fully saturated rings. The Kier molecular flexibility index (Phi) is 5.46. The zero-order chi connectivity index (χ0) is 16.1. The van der Waals surface area contributed by atoms with Gasteiger partial charge in [-0.15, -0.1) is 10.2 Å². The summed E-state index contributed by atoms with van der Waals surface area (Å²) in [6.45, 7) is 1.98.